The summed E-state index contributed by atoms with van der Waals surface area (Å²) in [6.45, 7) is 2.89. The second-order valence-corrected chi connectivity index (χ2v) is 5.31. The quantitative estimate of drug-likeness (QED) is 0.643. The van der Waals surface area contributed by atoms with Crippen molar-refractivity contribution >= 4 is 33.4 Å². The first-order valence-corrected chi connectivity index (χ1v) is 6.95. The first kappa shape index (κ1) is 12.7. The van der Waals surface area contributed by atoms with Crippen LogP contribution in [-0.2, 0) is 0 Å². The Morgan fingerprint density at radius 1 is 1.47 bits per heavy atom. The van der Waals surface area contributed by atoms with E-state index in [1.165, 1.54) is 0 Å². The van der Waals surface area contributed by atoms with Crippen LogP contribution in [0, 0.1) is 0 Å². The van der Waals surface area contributed by atoms with E-state index in [1.54, 1.807) is 0 Å². The molecule has 0 bridgehead atoms. The fraction of sp³-hybridized carbons (Fsp3) is 0.455. The summed E-state index contributed by atoms with van der Waals surface area (Å²) in [5.74, 6) is 3.07. The first-order chi connectivity index (χ1) is 7.25. The average Bonchev–Trinajstić information content (AvgIpc) is 2.21. The van der Waals surface area contributed by atoms with E-state index in [2.05, 4.69) is 22.9 Å². The molecule has 2 nitrogen and oxygen atoms in total. The molecule has 0 amide bonds. The molecule has 0 unspecified atom stereocenters. The first-order valence-electron chi connectivity index (χ1n) is 5.00. The lowest BCUT2D eigenvalue weighted by Gasteiger charge is -2.10. The Hall–Kier alpha value is -0.350. The zero-order chi connectivity index (χ0) is 11.1. The Morgan fingerprint density at radius 3 is 2.93 bits per heavy atom. The largest absolute Gasteiger partial charge is 0.490 e. The molecular weight excluding hydrogens is 274 g/mol. The predicted molar refractivity (Wildman–Crippen MR) is 71.7 cm³/mol. The minimum absolute atomic E-state index is 0.688. The fourth-order valence-corrected chi connectivity index (χ4v) is 2.26. The number of thioether (sulfide) groups is 1. The fourth-order valence-electron chi connectivity index (χ4n) is 1.16. The van der Waals surface area contributed by atoms with Crippen LogP contribution in [0.15, 0.2) is 22.7 Å². The van der Waals surface area contributed by atoms with Gasteiger partial charge in [-0.1, -0.05) is 13.0 Å². The van der Waals surface area contributed by atoms with Crippen LogP contribution in [0.3, 0.4) is 0 Å². The topological polar surface area (TPSA) is 35.2 Å². The van der Waals surface area contributed by atoms with Gasteiger partial charge >= 0.3 is 0 Å². The van der Waals surface area contributed by atoms with Gasteiger partial charge in [0.1, 0.15) is 0 Å². The molecule has 1 rings (SSSR count). The van der Waals surface area contributed by atoms with Gasteiger partial charge in [0.15, 0.2) is 5.75 Å². The van der Waals surface area contributed by atoms with Crippen molar-refractivity contribution in [1.29, 1.82) is 0 Å². The smallest absolute Gasteiger partial charge is 0.156 e. The normalized spacial score (nSPS) is 10.3. The highest BCUT2D eigenvalue weighted by Gasteiger charge is 2.04. The number of rotatable bonds is 6. The van der Waals surface area contributed by atoms with Crippen LogP contribution in [0.4, 0.5) is 5.69 Å². The van der Waals surface area contributed by atoms with Gasteiger partial charge in [-0.25, -0.2) is 0 Å². The molecule has 0 spiro atoms. The van der Waals surface area contributed by atoms with Gasteiger partial charge in [-0.05, 0) is 46.0 Å². The summed E-state index contributed by atoms with van der Waals surface area (Å²) < 4.78 is 6.55. The summed E-state index contributed by atoms with van der Waals surface area (Å²) in [4.78, 5) is 0. The lowest BCUT2D eigenvalue weighted by molar-refractivity contribution is 0.318. The van der Waals surface area contributed by atoms with E-state index in [4.69, 9.17) is 10.5 Å². The van der Waals surface area contributed by atoms with Crippen LogP contribution >= 0.6 is 27.7 Å². The number of para-hydroxylation sites is 1. The second-order valence-electron chi connectivity index (χ2n) is 3.06. The van der Waals surface area contributed by atoms with Crippen LogP contribution in [-0.4, -0.2) is 18.1 Å². The molecule has 2 N–H and O–H groups in total. The molecule has 0 atom stereocenters. The van der Waals surface area contributed by atoms with Crippen molar-refractivity contribution in [2.24, 2.45) is 0 Å². The minimum Gasteiger partial charge on any atom is -0.490 e. The Bertz CT molecular complexity index is 286. The minimum atomic E-state index is 0.688. The Kier molecular flexibility index (Phi) is 5.95. The van der Waals surface area contributed by atoms with Gasteiger partial charge in [-0.2, -0.15) is 11.8 Å². The van der Waals surface area contributed by atoms with Crippen LogP contribution in [0.1, 0.15) is 13.3 Å². The standard InChI is InChI=1S/C11H16BrNOS/c1-2-15-8-4-7-14-11-9(12)5-3-6-10(11)13/h3,5-6H,2,4,7-8,13H2,1H3. The van der Waals surface area contributed by atoms with Gasteiger partial charge in [0.2, 0.25) is 0 Å². The van der Waals surface area contributed by atoms with Gasteiger partial charge in [0, 0.05) is 0 Å². The average molecular weight is 290 g/mol. The monoisotopic (exact) mass is 289 g/mol. The van der Waals surface area contributed by atoms with Crippen LogP contribution in [0.25, 0.3) is 0 Å². The third kappa shape index (κ3) is 4.34. The van der Waals surface area contributed by atoms with Gasteiger partial charge in [0.25, 0.3) is 0 Å². The summed E-state index contributed by atoms with van der Waals surface area (Å²) in [7, 11) is 0. The number of halogens is 1. The Labute approximate surface area is 104 Å². The maximum absolute atomic E-state index is 5.80. The van der Waals surface area contributed by atoms with E-state index in [-0.39, 0.29) is 0 Å². The number of ether oxygens (including phenoxy) is 1. The Balaban J connectivity index is 2.37. The van der Waals surface area contributed by atoms with E-state index in [0.29, 0.717) is 5.69 Å². The zero-order valence-corrected chi connectivity index (χ0v) is 11.2. The molecule has 1 aromatic carbocycles. The van der Waals surface area contributed by atoms with Crippen LogP contribution in [0.2, 0.25) is 0 Å². The lowest BCUT2D eigenvalue weighted by atomic mass is 10.3. The number of hydrogen-bond donors (Lipinski definition) is 1. The number of nitrogens with two attached hydrogens (primary N) is 1. The summed E-state index contributed by atoms with van der Waals surface area (Å²) in [5.41, 5.74) is 6.49. The molecule has 0 fully saturated rings. The summed E-state index contributed by atoms with van der Waals surface area (Å²) >= 11 is 5.35. The van der Waals surface area contributed by atoms with Gasteiger partial charge in [-0.15, -0.1) is 0 Å². The highest BCUT2D eigenvalue weighted by atomic mass is 79.9. The third-order valence-corrected chi connectivity index (χ3v) is 3.49. The molecule has 0 aliphatic carbocycles. The molecule has 0 saturated heterocycles. The van der Waals surface area contributed by atoms with Crippen molar-refractivity contribution < 1.29 is 4.74 Å². The van der Waals surface area contributed by atoms with E-state index >= 15 is 0 Å². The van der Waals surface area contributed by atoms with Crippen molar-refractivity contribution in [1.82, 2.24) is 0 Å². The van der Waals surface area contributed by atoms with E-state index in [1.807, 2.05) is 30.0 Å². The maximum atomic E-state index is 5.80. The Morgan fingerprint density at radius 2 is 2.27 bits per heavy atom. The molecule has 4 heteroatoms. The highest BCUT2D eigenvalue weighted by molar-refractivity contribution is 9.10. The van der Waals surface area contributed by atoms with Crippen molar-refractivity contribution in [3.63, 3.8) is 0 Å². The van der Waals surface area contributed by atoms with Crippen LogP contribution in [0.5, 0.6) is 5.75 Å². The lowest BCUT2D eigenvalue weighted by Crippen LogP contribution is -2.02. The molecule has 0 aromatic heterocycles. The van der Waals surface area contributed by atoms with E-state index in [9.17, 15) is 0 Å². The molecule has 84 valence electrons. The van der Waals surface area contributed by atoms with Crippen molar-refractivity contribution in [3.05, 3.63) is 22.7 Å². The summed E-state index contributed by atoms with van der Waals surface area (Å²) in [6, 6.07) is 5.69. The second kappa shape index (κ2) is 7.01. The number of anilines is 1. The number of hydrogen-bond acceptors (Lipinski definition) is 3. The van der Waals surface area contributed by atoms with E-state index in [0.717, 1.165) is 34.8 Å². The molecule has 1 aromatic rings. The molecule has 0 heterocycles. The third-order valence-electron chi connectivity index (χ3n) is 1.88. The van der Waals surface area contributed by atoms with Crippen molar-refractivity contribution in [3.8, 4) is 5.75 Å². The molecule has 0 saturated carbocycles. The summed E-state index contributed by atoms with van der Waals surface area (Å²) in [6.07, 6.45) is 1.05. The van der Waals surface area contributed by atoms with Gasteiger partial charge < -0.3 is 10.5 Å². The van der Waals surface area contributed by atoms with Gasteiger partial charge in [0.05, 0.1) is 16.8 Å². The molecule has 0 aliphatic rings. The maximum Gasteiger partial charge on any atom is 0.156 e. The highest BCUT2D eigenvalue weighted by Crippen LogP contribution is 2.30. The summed E-state index contributed by atoms with van der Waals surface area (Å²) in [5, 5.41) is 0. The molecule has 0 radical (unpaired) electrons. The SMILES string of the molecule is CCSCCCOc1c(N)cccc1Br. The molecule has 0 aliphatic heterocycles. The zero-order valence-electron chi connectivity index (χ0n) is 8.83. The van der Waals surface area contributed by atoms with Crippen LogP contribution < -0.4 is 10.5 Å². The van der Waals surface area contributed by atoms with Gasteiger partial charge in [-0.3, -0.25) is 0 Å². The molecule has 15 heavy (non-hydrogen) atoms. The van der Waals surface area contributed by atoms with Crippen molar-refractivity contribution in [2.45, 2.75) is 13.3 Å². The number of nitrogen functional groups attached to an aromatic ring is 1. The predicted octanol–water partition coefficient (Wildman–Crippen LogP) is 3.55. The van der Waals surface area contributed by atoms with Crippen molar-refractivity contribution in [2.75, 3.05) is 23.8 Å². The molecular formula is C11H16BrNOS. The number of benzene rings is 1. The van der Waals surface area contributed by atoms with E-state index < -0.39 is 0 Å².